The van der Waals surface area contributed by atoms with E-state index in [1.807, 2.05) is 37.3 Å². The molecule has 1 saturated carbocycles. The van der Waals surface area contributed by atoms with E-state index >= 15 is 0 Å². The van der Waals surface area contributed by atoms with E-state index in [1.165, 1.54) is 23.3 Å². The first kappa shape index (κ1) is 22.2. The lowest BCUT2D eigenvalue weighted by molar-refractivity contribution is -0.119. The Labute approximate surface area is 202 Å². The number of anilines is 3. The predicted octanol–water partition coefficient (Wildman–Crippen LogP) is 3.80. The molecule has 0 bridgehead atoms. The molecule has 0 amide bonds. The lowest BCUT2D eigenvalue weighted by atomic mass is 10.1. The highest BCUT2D eigenvalue weighted by Gasteiger charge is 2.29. The minimum atomic E-state index is 0.297. The van der Waals surface area contributed by atoms with Crippen LogP contribution in [0.1, 0.15) is 24.1 Å². The van der Waals surface area contributed by atoms with Crippen molar-refractivity contribution in [2.75, 3.05) is 43.4 Å². The number of rotatable bonds is 8. The van der Waals surface area contributed by atoms with Gasteiger partial charge in [0.1, 0.15) is 10.8 Å². The molecule has 172 valence electrons. The fourth-order valence-electron chi connectivity index (χ4n) is 3.66. The summed E-state index contributed by atoms with van der Waals surface area (Å²) in [4.78, 5) is 31.8. The smallest absolute Gasteiger partial charge is 0.233 e. The van der Waals surface area contributed by atoms with Crippen LogP contribution in [0.4, 0.5) is 16.9 Å². The quantitative estimate of drug-likeness (QED) is 0.516. The fourth-order valence-corrected chi connectivity index (χ4v) is 5.06. The Bertz CT molecular complexity index is 1120. The van der Waals surface area contributed by atoms with Gasteiger partial charge in [-0.05, 0) is 73.9 Å². The highest BCUT2D eigenvalue weighted by atomic mass is 32.2. The second-order valence-corrected chi connectivity index (χ2v) is 10.5. The van der Waals surface area contributed by atoms with Crippen molar-refractivity contribution in [2.45, 2.75) is 36.2 Å². The molecule has 0 radical (unpaired) electrons. The third-order valence-electron chi connectivity index (χ3n) is 5.80. The van der Waals surface area contributed by atoms with Crippen molar-refractivity contribution in [3.05, 3.63) is 41.6 Å². The summed E-state index contributed by atoms with van der Waals surface area (Å²) in [5.74, 6) is 1.87. The number of nitrogens with one attached hydrogen (secondary N) is 1. The number of aryl methyl sites for hydroxylation is 1. The fraction of sp³-hybridized carbons (Fsp3) is 0.435. The molecule has 3 heterocycles. The largest absolute Gasteiger partial charge is 0.338 e. The lowest BCUT2D eigenvalue weighted by Crippen LogP contribution is -2.45. The molecule has 2 aromatic heterocycles. The standard InChI is InChI=1S/C23H27N7OS2/c1-15-13-20(33-28-15)24-21-25-22(30-11-9-29(2)10-12-30)27-23(26-21)32-18-7-3-16(4-8-18)14-19(31)17-5-6-17/h3-4,7-8,13,17H,5-6,9-12,14H2,1-2H3,(H,24,25,26,27). The third kappa shape index (κ3) is 5.87. The Kier molecular flexibility index (Phi) is 6.57. The van der Waals surface area contributed by atoms with Gasteiger partial charge in [-0.1, -0.05) is 12.1 Å². The summed E-state index contributed by atoms with van der Waals surface area (Å²) in [6.45, 7) is 5.69. The number of hydrogen-bond acceptors (Lipinski definition) is 10. The van der Waals surface area contributed by atoms with Gasteiger partial charge in [0.2, 0.25) is 11.9 Å². The van der Waals surface area contributed by atoms with Gasteiger partial charge in [-0.15, -0.1) is 0 Å². The van der Waals surface area contributed by atoms with Crippen LogP contribution in [0.3, 0.4) is 0 Å². The minimum Gasteiger partial charge on any atom is -0.338 e. The first-order valence-electron chi connectivity index (χ1n) is 11.2. The van der Waals surface area contributed by atoms with E-state index in [0.29, 0.717) is 35.2 Å². The molecule has 1 aliphatic heterocycles. The zero-order chi connectivity index (χ0) is 22.8. The predicted molar refractivity (Wildman–Crippen MR) is 132 cm³/mol. The van der Waals surface area contributed by atoms with Gasteiger partial charge in [-0.2, -0.15) is 19.3 Å². The Morgan fingerprint density at radius 1 is 1.12 bits per heavy atom. The third-order valence-corrected chi connectivity index (χ3v) is 7.46. The summed E-state index contributed by atoms with van der Waals surface area (Å²) in [7, 11) is 2.13. The van der Waals surface area contributed by atoms with Crippen molar-refractivity contribution in [1.82, 2.24) is 24.2 Å². The summed E-state index contributed by atoms with van der Waals surface area (Å²) >= 11 is 2.90. The van der Waals surface area contributed by atoms with Crippen LogP contribution in [-0.2, 0) is 11.2 Å². The second kappa shape index (κ2) is 9.74. The van der Waals surface area contributed by atoms with Crippen molar-refractivity contribution in [3.8, 4) is 0 Å². The number of nitrogens with zero attached hydrogens (tertiary/aromatic N) is 6. The summed E-state index contributed by atoms with van der Waals surface area (Å²) in [6, 6.07) is 10.1. The molecule has 1 aliphatic carbocycles. The second-order valence-electron chi connectivity index (χ2n) is 8.65. The van der Waals surface area contributed by atoms with Gasteiger partial charge in [0.25, 0.3) is 0 Å². The first-order valence-corrected chi connectivity index (χ1v) is 12.8. The topological polar surface area (TPSA) is 87.1 Å². The molecule has 8 nitrogen and oxygen atoms in total. The number of likely N-dealkylation sites (N-methyl/N-ethyl adjacent to an activating group) is 1. The van der Waals surface area contributed by atoms with E-state index in [4.69, 9.17) is 9.97 Å². The highest BCUT2D eigenvalue weighted by Crippen LogP contribution is 2.32. The summed E-state index contributed by atoms with van der Waals surface area (Å²) in [5.41, 5.74) is 2.03. The van der Waals surface area contributed by atoms with Crippen molar-refractivity contribution >= 4 is 46.0 Å². The van der Waals surface area contributed by atoms with Crippen molar-refractivity contribution in [3.63, 3.8) is 0 Å². The Morgan fingerprint density at radius 3 is 2.55 bits per heavy atom. The van der Waals surface area contributed by atoms with Crippen LogP contribution in [0.25, 0.3) is 0 Å². The number of ketones is 1. The number of hydrogen-bond donors (Lipinski definition) is 1. The lowest BCUT2D eigenvalue weighted by Gasteiger charge is -2.32. The van der Waals surface area contributed by atoms with Gasteiger partial charge in [0.05, 0.1) is 5.69 Å². The Hall–Kier alpha value is -2.56. The van der Waals surface area contributed by atoms with E-state index in [0.717, 1.165) is 60.2 Å². The molecule has 3 aromatic rings. The van der Waals surface area contributed by atoms with E-state index in [1.54, 1.807) is 0 Å². The number of Topliss-reactive ketones (excluding diaryl/α,β-unsaturated/α-hetero) is 1. The van der Waals surface area contributed by atoms with Crippen LogP contribution in [-0.4, -0.2) is 63.2 Å². The molecule has 1 saturated heterocycles. The van der Waals surface area contributed by atoms with Crippen LogP contribution in [0.15, 0.2) is 40.4 Å². The highest BCUT2D eigenvalue weighted by molar-refractivity contribution is 7.99. The van der Waals surface area contributed by atoms with Crippen molar-refractivity contribution in [1.29, 1.82) is 0 Å². The minimum absolute atomic E-state index is 0.297. The average Bonchev–Trinajstić information content (AvgIpc) is 3.58. The van der Waals surface area contributed by atoms with Crippen LogP contribution >= 0.6 is 23.3 Å². The molecule has 0 atom stereocenters. The Balaban J connectivity index is 1.35. The van der Waals surface area contributed by atoms with Crippen LogP contribution in [0.2, 0.25) is 0 Å². The maximum Gasteiger partial charge on any atom is 0.233 e. The summed E-state index contributed by atoms with van der Waals surface area (Å²) in [6.07, 6.45) is 2.63. The summed E-state index contributed by atoms with van der Waals surface area (Å²) in [5, 5.41) is 4.84. The molecule has 1 aromatic carbocycles. The molecule has 0 unspecified atom stereocenters. The van der Waals surface area contributed by atoms with Crippen LogP contribution in [0, 0.1) is 12.8 Å². The van der Waals surface area contributed by atoms with Gasteiger partial charge in [-0.3, -0.25) is 4.79 Å². The Morgan fingerprint density at radius 2 is 1.88 bits per heavy atom. The zero-order valence-electron chi connectivity index (χ0n) is 18.8. The summed E-state index contributed by atoms with van der Waals surface area (Å²) < 4.78 is 4.33. The molecule has 33 heavy (non-hydrogen) atoms. The zero-order valence-corrected chi connectivity index (χ0v) is 20.5. The average molecular weight is 482 g/mol. The number of benzene rings is 1. The monoisotopic (exact) mass is 481 g/mol. The van der Waals surface area contributed by atoms with Gasteiger partial charge >= 0.3 is 0 Å². The van der Waals surface area contributed by atoms with Gasteiger partial charge in [0, 0.05) is 43.4 Å². The molecule has 10 heteroatoms. The molecule has 2 fully saturated rings. The SMILES string of the molecule is Cc1cc(Nc2nc(Sc3ccc(CC(=O)C4CC4)cc3)nc(N3CCN(C)CC3)n2)sn1. The van der Waals surface area contributed by atoms with E-state index < -0.39 is 0 Å². The van der Waals surface area contributed by atoms with Gasteiger partial charge in [-0.25, -0.2) is 0 Å². The number of piperazine rings is 1. The van der Waals surface area contributed by atoms with Gasteiger partial charge in [0.15, 0.2) is 5.16 Å². The van der Waals surface area contributed by atoms with Crippen LogP contribution < -0.4 is 10.2 Å². The maximum absolute atomic E-state index is 12.1. The van der Waals surface area contributed by atoms with Crippen LogP contribution in [0.5, 0.6) is 0 Å². The maximum atomic E-state index is 12.1. The molecule has 1 N–H and O–H groups in total. The van der Waals surface area contributed by atoms with Crippen molar-refractivity contribution in [2.24, 2.45) is 5.92 Å². The normalized spacial score (nSPS) is 16.7. The molecular weight excluding hydrogens is 454 g/mol. The van der Waals surface area contributed by atoms with E-state index in [-0.39, 0.29) is 0 Å². The van der Waals surface area contributed by atoms with Crippen molar-refractivity contribution < 1.29 is 4.79 Å². The van der Waals surface area contributed by atoms with Gasteiger partial charge < -0.3 is 15.1 Å². The number of carbonyl (C=O) groups excluding carboxylic acids is 1. The molecule has 0 spiro atoms. The molecular formula is C23H27N7OS2. The molecule has 5 rings (SSSR count). The van der Waals surface area contributed by atoms with E-state index in [9.17, 15) is 4.79 Å². The number of aromatic nitrogens is 4. The van der Waals surface area contributed by atoms with E-state index in [2.05, 4.69) is 31.5 Å². The first-order chi connectivity index (χ1) is 16.0. The number of carbonyl (C=O) groups is 1. The molecule has 2 aliphatic rings.